The van der Waals surface area contributed by atoms with Crippen molar-refractivity contribution in [1.82, 2.24) is 14.5 Å². The van der Waals surface area contributed by atoms with Gasteiger partial charge in [0.15, 0.2) is 0 Å². The Balaban J connectivity index is 1.57. The minimum absolute atomic E-state index is 0.0285. The van der Waals surface area contributed by atoms with Gasteiger partial charge in [-0.1, -0.05) is 6.07 Å². The average Bonchev–Trinajstić information content (AvgIpc) is 2.80. The quantitative estimate of drug-likeness (QED) is 0.622. The number of aryl methyl sites for hydroxylation is 1. The fourth-order valence-corrected chi connectivity index (χ4v) is 4.74. The van der Waals surface area contributed by atoms with Crippen molar-refractivity contribution in [2.45, 2.75) is 43.7 Å². The van der Waals surface area contributed by atoms with Gasteiger partial charge in [0.25, 0.3) is 5.91 Å². The zero-order valence-electron chi connectivity index (χ0n) is 19.8. The summed E-state index contributed by atoms with van der Waals surface area (Å²) >= 11 is 0. The number of carbonyl (C=O) groups is 2. The van der Waals surface area contributed by atoms with Gasteiger partial charge >= 0.3 is 0 Å². The lowest BCUT2D eigenvalue weighted by Gasteiger charge is -2.35. The molecule has 1 atom stereocenters. The van der Waals surface area contributed by atoms with Crippen LogP contribution in [0.25, 0.3) is 0 Å². The van der Waals surface area contributed by atoms with Crippen LogP contribution in [0, 0.1) is 12.7 Å². The van der Waals surface area contributed by atoms with Gasteiger partial charge in [-0.15, -0.1) is 0 Å². The smallest absolute Gasteiger partial charge is 0.251 e. The topological polar surface area (TPSA) is 98.8 Å². The minimum Gasteiger partial charge on any atom is -0.349 e. The number of nitrogens with one attached hydrogen (secondary N) is 2. The van der Waals surface area contributed by atoms with Crippen molar-refractivity contribution < 1.29 is 22.4 Å². The van der Waals surface area contributed by atoms with Gasteiger partial charge in [-0.05, 0) is 68.7 Å². The van der Waals surface area contributed by atoms with E-state index in [4.69, 9.17) is 0 Å². The lowest BCUT2D eigenvalue weighted by Crippen LogP contribution is -2.50. The van der Waals surface area contributed by atoms with Gasteiger partial charge in [0.05, 0.1) is 10.9 Å². The molecule has 184 valence electrons. The first kappa shape index (κ1) is 25.8. The highest BCUT2D eigenvalue weighted by atomic mass is 32.2. The van der Waals surface area contributed by atoms with Crippen molar-refractivity contribution in [3.05, 3.63) is 59.4 Å². The van der Waals surface area contributed by atoms with E-state index in [1.165, 1.54) is 50.5 Å². The number of anilines is 1. The van der Waals surface area contributed by atoms with Crippen molar-refractivity contribution in [2.24, 2.45) is 0 Å². The van der Waals surface area contributed by atoms with E-state index < -0.39 is 21.9 Å². The first-order valence-electron chi connectivity index (χ1n) is 11.1. The van der Waals surface area contributed by atoms with Crippen LogP contribution in [0.1, 0.15) is 35.7 Å². The summed E-state index contributed by atoms with van der Waals surface area (Å²) < 4.78 is 39.1. The Labute approximate surface area is 200 Å². The lowest BCUT2D eigenvalue weighted by molar-refractivity contribution is -0.121. The van der Waals surface area contributed by atoms with E-state index >= 15 is 0 Å². The average molecular weight is 491 g/mol. The molecule has 8 nitrogen and oxygen atoms in total. The van der Waals surface area contributed by atoms with Crippen molar-refractivity contribution in [1.29, 1.82) is 0 Å². The van der Waals surface area contributed by atoms with Gasteiger partial charge in [0, 0.05) is 44.5 Å². The van der Waals surface area contributed by atoms with Gasteiger partial charge in [0.1, 0.15) is 5.82 Å². The Morgan fingerprint density at radius 1 is 1.09 bits per heavy atom. The number of hydrogen-bond acceptors (Lipinski definition) is 5. The standard InChI is InChI=1S/C24H31FN4O4S/c1-16-5-10-21(34(32,33)28(3)4)15-22(16)27-23(30)17(2)29-13-11-20(12-14-29)26-24(31)18-6-8-19(25)9-7-18/h5-10,15,17,20H,11-14H2,1-4H3,(H,26,31)(H,27,30). The first-order valence-corrected chi connectivity index (χ1v) is 12.6. The van der Waals surface area contributed by atoms with Crippen LogP contribution in [-0.2, 0) is 14.8 Å². The number of sulfonamides is 1. The number of piperidine rings is 1. The molecular weight excluding hydrogens is 459 g/mol. The third-order valence-corrected chi connectivity index (χ3v) is 7.95. The molecule has 0 bridgehead atoms. The highest BCUT2D eigenvalue weighted by molar-refractivity contribution is 7.89. The van der Waals surface area contributed by atoms with Crippen LogP contribution in [0.5, 0.6) is 0 Å². The van der Waals surface area contributed by atoms with Crippen molar-refractivity contribution >= 4 is 27.5 Å². The zero-order chi connectivity index (χ0) is 25.0. The van der Waals surface area contributed by atoms with Gasteiger partial charge in [-0.2, -0.15) is 0 Å². The highest BCUT2D eigenvalue weighted by Crippen LogP contribution is 2.23. The second-order valence-corrected chi connectivity index (χ2v) is 10.9. The Morgan fingerprint density at radius 2 is 1.71 bits per heavy atom. The molecule has 34 heavy (non-hydrogen) atoms. The summed E-state index contributed by atoms with van der Waals surface area (Å²) in [6.45, 7) is 4.86. The summed E-state index contributed by atoms with van der Waals surface area (Å²) in [5.74, 6) is -0.859. The van der Waals surface area contributed by atoms with Crippen LogP contribution < -0.4 is 10.6 Å². The maximum Gasteiger partial charge on any atom is 0.251 e. The van der Waals surface area contributed by atoms with E-state index in [9.17, 15) is 22.4 Å². The summed E-state index contributed by atoms with van der Waals surface area (Å²) in [6.07, 6.45) is 1.36. The number of rotatable bonds is 7. The van der Waals surface area contributed by atoms with Crippen molar-refractivity contribution in [3.63, 3.8) is 0 Å². The first-order chi connectivity index (χ1) is 16.0. The molecule has 10 heteroatoms. The molecule has 2 aromatic carbocycles. The third-order valence-electron chi connectivity index (χ3n) is 6.14. The molecule has 1 heterocycles. The molecule has 1 fully saturated rings. The van der Waals surface area contributed by atoms with Gasteiger partial charge in [-0.25, -0.2) is 17.1 Å². The van der Waals surface area contributed by atoms with E-state index in [0.29, 0.717) is 37.2 Å². The Kier molecular flexibility index (Phi) is 8.06. The molecule has 1 aliphatic heterocycles. The number of nitrogens with zero attached hydrogens (tertiary/aromatic N) is 2. The Bertz CT molecular complexity index is 1140. The van der Waals surface area contributed by atoms with E-state index in [0.717, 1.165) is 9.87 Å². The number of hydrogen-bond donors (Lipinski definition) is 2. The predicted octanol–water partition coefficient (Wildman–Crippen LogP) is 2.61. The zero-order valence-corrected chi connectivity index (χ0v) is 20.7. The number of carbonyl (C=O) groups excluding carboxylic acids is 2. The summed E-state index contributed by atoms with van der Waals surface area (Å²) in [5.41, 5.74) is 1.63. The van der Waals surface area contributed by atoms with E-state index in [-0.39, 0.29) is 22.8 Å². The van der Waals surface area contributed by atoms with E-state index in [2.05, 4.69) is 10.6 Å². The number of likely N-dealkylation sites (tertiary alicyclic amines) is 1. The minimum atomic E-state index is -3.61. The van der Waals surface area contributed by atoms with Crippen LogP contribution in [0.3, 0.4) is 0 Å². The summed E-state index contributed by atoms with van der Waals surface area (Å²) in [5, 5.41) is 5.83. The molecule has 0 saturated carbocycles. The third kappa shape index (κ3) is 5.99. The van der Waals surface area contributed by atoms with Gasteiger partial charge in [0.2, 0.25) is 15.9 Å². The molecule has 3 rings (SSSR count). The van der Waals surface area contributed by atoms with Crippen LogP contribution >= 0.6 is 0 Å². The summed E-state index contributed by atoms with van der Waals surface area (Å²) in [4.78, 5) is 27.4. The SMILES string of the molecule is Cc1ccc(S(=O)(=O)N(C)C)cc1NC(=O)C(C)N1CCC(NC(=O)c2ccc(F)cc2)CC1. The van der Waals surface area contributed by atoms with E-state index in [1.807, 2.05) is 18.7 Å². The van der Waals surface area contributed by atoms with Crippen LogP contribution in [-0.4, -0.2) is 68.7 Å². The van der Waals surface area contributed by atoms with Gasteiger partial charge in [-0.3, -0.25) is 14.5 Å². The normalized spacial score (nSPS) is 16.3. The maximum absolute atomic E-state index is 13.1. The molecule has 1 saturated heterocycles. The lowest BCUT2D eigenvalue weighted by atomic mass is 10.0. The predicted molar refractivity (Wildman–Crippen MR) is 129 cm³/mol. The Hall–Kier alpha value is -2.82. The molecule has 1 aliphatic rings. The number of amides is 2. The highest BCUT2D eigenvalue weighted by Gasteiger charge is 2.28. The molecule has 2 N–H and O–H groups in total. The molecule has 0 radical (unpaired) electrons. The summed E-state index contributed by atoms with van der Waals surface area (Å²) in [7, 11) is -0.693. The Morgan fingerprint density at radius 3 is 2.29 bits per heavy atom. The van der Waals surface area contributed by atoms with Crippen LogP contribution in [0.2, 0.25) is 0 Å². The van der Waals surface area contributed by atoms with Crippen LogP contribution in [0.4, 0.5) is 10.1 Å². The molecule has 0 aliphatic carbocycles. The fourth-order valence-electron chi connectivity index (χ4n) is 3.81. The second-order valence-electron chi connectivity index (χ2n) is 8.72. The fraction of sp³-hybridized carbons (Fsp3) is 0.417. The monoisotopic (exact) mass is 490 g/mol. The molecule has 1 unspecified atom stereocenters. The molecule has 0 spiro atoms. The second kappa shape index (κ2) is 10.6. The van der Waals surface area contributed by atoms with E-state index in [1.54, 1.807) is 6.07 Å². The van der Waals surface area contributed by atoms with Gasteiger partial charge < -0.3 is 10.6 Å². The largest absolute Gasteiger partial charge is 0.349 e. The molecule has 2 amide bonds. The number of halogens is 1. The molecule has 0 aromatic heterocycles. The number of benzene rings is 2. The summed E-state index contributed by atoms with van der Waals surface area (Å²) in [6, 6.07) is 9.63. The maximum atomic E-state index is 13.1. The van der Waals surface area contributed by atoms with Crippen molar-refractivity contribution in [3.8, 4) is 0 Å². The van der Waals surface area contributed by atoms with Crippen molar-refractivity contribution in [2.75, 3.05) is 32.5 Å². The molecular formula is C24H31FN4O4S. The molecule has 2 aromatic rings. The van der Waals surface area contributed by atoms with Crippen LogP contribution in [0.15, 0.2) is 47.4 Å².